The summed E-state index contributed by atoms with van der Waals surface area (Å²) in [6, 6.07) is 14.5. The van der Waals surface area contributed by atoms with Crippen molar-refractivity contribution in [3.63, 3.8) is 0 Å². The third-order valence-electron chi connectivity index (χ3n) is 8.47. The normalized spacial score (nSPS) is 47.7. The predicted octanol–water partition coefficient (Wildman–Crippen LogP) is -1.09. The molecule has 2 spiro atoms. The summed E-state index contributed by atoms with van der Waals surface area (Å²) in [5.41, 5.74) is -6.06. The highest BCUT2D eigenvalue weighted by molar-refractivity contribution is 5.72. The summed E-state index contributed by atoms with van der Waals surface area (Å²) in [6.45, 7) is -0.771. The Bertz CT molecular complexity index is 1040. The minimum absolute atomic E-state index is 0.199. The molecule has 0 heterocycles. The van der Waals surface area contributed by atoms with E-state index in [1.807, 2.05) is 24.3 Å². The molecule has 2 fully saturated rings. The molecule has 3 unspecified atom stereocenters. The SMILES string of the molecule is OC[C@@H](O)[C@]1(O)C2(Cc3ccccc32)[C@]2(O)C(O)C3(Cc4ccccc43)[C@@]21O. The lowest BCUT2D eigenvalue weighted by molar-refractivity contribution is -0.519. The summed E-state index contributed by atoms with van der Waals surface area (Å²) in [4.78, 5) is 0. The van der Waals surface area contributed by atoms with Crippen LogP contribution in [-0.4, -0.2) is 66.3 Å². The standard InChI is InChI=1S/C22H22O6/c23-11-16(24)20(26)19(10-13-6-2-4-8-15(13)19)21(27)17(25)18(22(20,21)28)9-12-5-1-3-7-14(12)18/h1-8,16-17,23-28H,9-11H2/t16-,17?,18?,19?,20+,21-,22+/m1/s1. The summed E-state index contributed by atoms with van der Waals surface area (Å²) in [6.07, 6.45) is -2.51. The van der Waals surface area contributed by atoms with Gasteiger partial charge in [0, 0.05) is 0 Å². The lowest BCUT2D eigenvalue weighted by atomic mass is 9.15. The highest BCUT2D eigenvalue weighted by Crippen LogP contribution is 2.84. The maximum atomic E-state index is 11.8. The molecule has 2 saturated carbocycles. The summed E-state index contributed by atoms with van der Waals surface area (Å²) in [5, 5.41) is 67.0. The Labute approximate surface area is 161 Å². The maximum Gasteiger partial charge on any atom is 0.141 e. The number of aliphatic hydroxyl groups is 6. The Balaban J connectivity index is 1.61. The Morgan fingerprint density at radius 3 is 2.04 bits per heavy atom. The van der Waals surface area contributed by atoms with Crippen molar-refractivity contribution in [3.8, 4) is 0 Å². The first-order chi connectivity index (χ1) is 13.3. The van der Waals surface area contributed by atoms with Crippen LogP contribution in [0.2, 0.25) is 0 Å². The largest absolute Gasteiger partial charge is 0.394 e. The van der Waals surface area contributed by atoms with E-state index in [0.717, 1.165) is 11.1 Å². The smallest absolute Gasteiger partial charge is 0.141 e. The monoisotopic (exact) mass is 382 g/mol. The van der Waals surface area contributed by atoms with Crippen molar-refractivity contribution >= 4 is 0 Å². The van der Waals surface area contributed by atoms with Crippen LogP contribution in [0.25, 0.3) is 0 Å². The van der Waals surface area contributed by atoms with E-state index >= 15 is 0 Å². The van der Waals surface area contributed by atoms with Crippen LogP contribution in [0.5, 0.6) is 0 Å². The third-order valence-corrected chi connectivity index (χ3v) is 8.47. The van der Waals surface area contributed by atoms with Crippen LogP contribution in [0.1, 0.15) is 22.3 Å². The molecular weight excluding hydrogens is 360 g/mol. The molecule has 4 aliphatic carbocycles. The van der Waals surface area contributed by atoms with Gasteiger partial charge >= 0.3 is 0 Å². The molecule has 2 aromatic carbocycles. The molecule has 6 N–H and O–H groups in total. The minimum atomic E-state index is -2.20. The van der Waals surface area contributed by atoms with Gasteiger partial charge in [-0.15, -0.1) is 0 Å². The number of aliphatic hydroxyl groups excluding tert-OH is 3. The van der Waals surface area contributed by atoms with Crippen LogP contribution >= 0.6 is 0 Å². The Hall–Kier alpha value is -1.80. The van der Waals surface area contributed by atoms with E-state index in [0.29, 0.717) is 11.1 Å². The highest BCUT2D eigenvalue weighted by Gasteiger charge is 3.05. The van der Waals surface area contributed by atoms with Gasteiger partial charge in [0.2, 0.25) is 0 Å². The first-order valence-electron chi connectivity index (χ1n) is 9.60. The van der Waals surface area contributed by atoms with Gasteiger partial charge in [0.05, 0.1) is 23.5 Å². The van der Waals surface area contributed by atoms with Gasteiger partial charge in [-0.2, -0.15) is 0 Å². The lowest BCUT2D eigenvalue weighted by Crippen LogP contribution is -3.13. The molecule has 6 nitrogen and oxygen atoms in total. The van der Waals surface area contributed by atoms with Gasteiger partial charge in [0.15, 0.2) is 0 Å². The zero-order valence-corrected chi connectivity index (χ0v) is 15.1. The summed E-state index contributed by atoms with van der Waals surface area (Å²) < 4.78 is 0. The number of benzene rings is 2. The predicted molar refractivity (Wildman–Crippen MR) is 97.6 cm³/mol. The van der Waals surface area contributed by atoms with Gasteiger partial charge in [-0.05, 0) is 35.1 Å². The lowest BCUT2D eigenvalue weighted by Gasteiger charge is -2.91. The average Bonchev–Trinajstić information content (AvgIpc) is 2.68. The molecule has 0 bridgehead atoms. The molecule has 7 atom stereocenters. The molecule has 2 aromatic rings. The van der Waals surface area contributed by atoms with Crippen molar-refractivity contribution in [2.75, 3.05) is 6.61 Å². The van der Waals surface area contributed by atoms with Crippen molar-refractivity contribution in [2.45, 2.75) is 52.7 Å². The number of fused-ring (bicyclic) bond motifs is 7. The molecule has 0 saturated heterocycles. The molecule has 0 amide bonds. The van der Waals surface area contributed by atoms with Crippen LogP contribution < -0.4 is 0 Å². The van der Waals surface area contributed by atoms with E-state index in [4.69, 9.17) is 0 Å². The van der Waals surface area contributed by atoms with Crippen LogP contribution in [0, 0.1) is 0 Å². The van der Waals surface area contributed by atoms with Crippen molar-refractivity contribution in [3.05, 3.63) is 70.8 Å². The first-order valence-corrected chi connectivity index (χ1v) is 9.60. The zero-order valence-electron chi connectivity index (χ0n) is 15.1. The number of rotatable bonds is 2. The second kappa shape index (κ2) is 4.51. The van der Waals surface area contributed by atoms with E-state index < -0.39 is 46.4 Å². The summed E-state index contributed by atoms with van der Waals surface area (Å²) in [7, 11) is 0. The second-order valence-corrected chi connectivity index (χ2v) is 8.89. The van der Waals surface area contributed by atoms with Crippen molar-refractivity contribution < 1.29 is 30.6 Å². The van der Waals surface area contributed by atoms with Gasteiger partial charge in [-0.25, -0.2) is 0 Å². The quantitative estimate of drug-likeness (QED) is 0.393. The molecule has 28 heavy (non-hydrogen) atoms. The van der Waals surface area contributed by atoms with Crippen molar-refractivity contribution in [1.29, 1.82) is 0 Å². The van der Waals surface area contributed by atoms with Gasteiger partial charge in [0.1, 0.15) is 22.9 Å². The fraction of sp³-hybridized carbons (Fsp3) is 0.455. The molecule has 0 radical (unpaired) electrons. The van der Waals surface area contributed by atoms with Crippen LogP contribution in [-0.2, 0) is 23.7 Å². The topological polar surface area (TPSA) is 121 Å². The van der Waals surface area contributed by atoms with Gasteiger partial charge in [-0.1, -0.05) is 48.5 Å². The van der Waals surface area contributed by atoms with Crippen LogP contribution in [0.15, 0.2) is 48.5 Å². The van der Waals surface area contributed by atoms with Crippen LogP contribution in [0.3, 0.4) is 0 Å². The minimum Gasteiger partial charge on any atom is -0.394 e. The maximum absolute atomic E-state index is 11.8. The molecule has 0 aromatic heterocycles. The third kappa shape index (κ3) is 1.13. The van der Waals surface area contributed by atoms with E-state index in [1.54, 1.807) is 24.3 Å². The molecule has 6 rings (SSSR count). The average molecular weight is 382 g/mol. The molecular formula is C22H22O6. The van der Waals surface area contributed by atoms with Crippen molar-refractivity contribution in [2.24, 2.45) is 0 Å². The second-order valence-electron chi connectivity index (χ2n) is 8.89. The Kier molecular flexibility index (Phi) is 2.75. The molecule has 0 aliphatic heterocycles. The van der Waals surface area contributed by atoms with E-state index in [-0.39, 0.29) is 12.8 Å². The van der Waals surface area contributed by atoms with Gasteiger partial charge < -0.3 is 30.6 Å². The summed E-state index contributed by atoms with van der Waals surface area (Å²) >= 11 is 0. The van der Waals surface area contributed by atoms with Gasteiger partial charge in [-0.3, -0.25) is 0 Å². The fourth-order valence-electron chi connectivity index (χ4n) is 7.39. The fourth-order valence-corrected chi connectivity index (χ4v) is 7.39. The zero-order chi connectivity index (χ0) is 19.7. The van der Waals surface area contributed by atoms with Crippen LogP contribution in [0.4, 0.5) is 0 Å². The van der Waals surface area contributed by atoms with Gasteiger partial charge in [0.25, 0.3) is 0 Å². The molecule has 6 heteroatoms. The van der Waals surface area contributed by atoms with E-state index in [9.17, 15) is 30.6 Å². The summed E-state index contributed by atoms with van der Waals surface area (Å²) in [5.74, 6) is 0. The van der Waals surface area contributed by atoms with Crippen molar-refractivity contribution in [1.82, 2.24) is 0 Å². The molecule has 146 valence electrons. The number of hydrogen-bond acceptors (Lipinski definition) is 6. The number of hydrogen-bond donors (Lipinski definition) is 6. The van der Waals surface area contributed by atoms with E-state index in [2.05, 4.69) is 0 Å². The van der Waals surface area contributed by atoms with E-state index in [1.165, 1.54) is 0 Å². The Morgan fingerprint density at radius 2 is 1.46 bits per heavy atom. The highest BCUT2D eigenvalue weighted by atomic mass is 16.5. The Morgan fingerprint density at radius 1 is 0.893 bits per heavy atom. The first kappa shape index (κ1) is 17.1. The molecule has 4 aliphatic rings.